The van der Waals surface area contributed by atoms with Crippen LogP contribution in [-0.4, -0.2) is 5.97 Å². The van der Waals surface area contributed by atoms with Crippen molar-refractivity contribution >= 4 is 17.3 Å². The van der Waals surface area contributed by atoms with E-state index in [-0.39, 0.29) is 11.8 Å². The van der Waals surface area contributed by atoms with Gasteiger partial charge in [0.1, 0.15) is 23.1 Å². The minimum Gasteiger partial charge on any atom is -0.440 e. The maximum Gasteiger partial charge on any atom is 0.343 e. The van der Waals surface area contributed by atoms with E-state index in [0.717, 1.165) is 16.0 Å². The van der Waals surface area contributed by atoms with Crippen molar-refractivity contribution in [1.82, 2.24) is 0 Å². The summed E-state index contributed by atoms with van der Waals surface area (Å²) in [5, 5.41) is 11.5. The molecule has 138 valence electrons. The lowest BCUT2D eigenvalue weighted by molar-refractivity contribution is 0.0733. The van der Waals surface area contributed by atoms with E-state index < -0.39 is 5.97 Å². The summed E-state index contributed by atoms with van der Waals surface area (Å²) >= 11 is 1.55. The lowest BCUT2D eigenvalue weighted by atomic mass is 9.88. The first kappa shape index (κ1) is 17.8. The van der Waals surface area contributed by atoms with Crippen LogP contribution < -0.4 is 15.2 Å². The number of carbonyl (C=O) groups excluding carboxylic acids is 1. The SMILES string of the molecule is Cc1ccccc1C(=O)Oc1ccc2c(c1)OC(N)=C(C#N)C2c1cccs1. The van der Waals surface area contributed by atoms with Gasteiger partial charge < -0.3 is 15.2 Å². The van der Waals surface area contributed by atoms with E-state index in [9.17, 15) is 10.1 Å². The number of nitrogens with two attached hydrogens (primary N) is 1. The topological polar surface area (TPSA) is 85.3 Å². The minimum atomic E-state index is -0.440. The molecule has 1 aliphatic heterocycles. The van der Waals surface area contributed by atoms with E-state index in [0.29, 0.717) is 22.6 Å². The predicted octanol–water partition coefficient (Wildman–Crippen LogP) is 4.49. The summed E-state index contributed by atoms with van der Waals surface area (Å²) < 4.78 is 11.2. The Balaban J connectivity index is 1.69. The number of aryl methyl sites for hydroxylation is 1. The van der Waals surface area contributed by atoms with Crippen LogP contribution in [0.1, 0.15) is 32.3 Å². The Morgan fingerprint density at radius 2 is 2.04 bits per heavy atom. The minimum absolute atomic E-state index is 0.0655. The van der Waals surface area contributed by atoms with Gasteiger partial charge in [-0.2, -0.15) is 5.26 Å². The monoisotopic (exact) mass is 388 g/mol. The van der Waals surface area contributed by atoms with Crippen molar-refractivity contribution in [1.29, 1.82) is 5.26 Å². The third-order valence-electron chi connectivity index (χ3n) is 4.59. The molecule has 0 saturated carbocycles. The van der Waals surface area contributed by atoms with Crippen molar-refractivity contribution in [2.45, 2.75) is 12.8 Å². The van der Waals surface area contributed by atoms with Crippen LogP contribution in [0.15, 0.2) is 71.4 Å². The molecular formula is C22H16N2O3S. The van der Waals surface area contributed by atoms with E-state index in [2.05, 4.69) is 6.07 Å². The largest absolute Gasteiger partial charge is 0.440 e. The van der Waals surface area contributed by atoms with Gasteiger partial charge in [0.05, 0.1) is 11.5 Å². The molecule has 0 amide bonds. The number of benzene rings is 2. The van der Waals surface area contributed by atoms with Gasteiger partial charge in [0.25, 0.3) is 0 Å². The number of hydrogen-bond donors (Lipinski definition) is 1. The normalized spacial score (nSPS) is 15.4. The van der Waals surface area contributed by atoms with Crippen LogP contribution in [0.3, 0.4) is 0 Å². The number of nitriles is 1. The molecule has 0 bridgehead atoms. The van der Waals surface area contributed by atoms with Crippen molar-refractivity contribution in [3.05, 3.63) is 93.0 Å². The molecule has 4 rings (SSSR count). The summed E-state index contributed by atoms with van der Waals surface area (Å²) in [5.74, 6) is 0.158. The van der Waals surface area contributed by atoms with E-state index in [1.165, 1.54) is 0 Å². The number of thiophene rings is 1. The first-order chi connectivity index (χ1) is 13.6. The second-order valence-corrected chi connectivity index (χ2v) is 7.32. The standard InChI is InChI=1S/C22H16N2O3S/c1-13-5-2-3-6-15(13)22(25)26-14-8-9-16-18(11-14)27-21(24)17(12-23)20(16)19-7-4-10-28-19/h2-11,20H,24H2,1H3. The van der Waals surface area contributed by atoms with Gasteiger partial charge in [0, 0.05) is 16.5 Å². The summed E-state index contributed by atoms with van der Waals surface area (Å²) in [6.45, 7) is 1.85. The molecule has 2 N–H and O–H groups in total. The van der Waals surface area contributed by atoms with Gasteiger partial charge in [0.15, 0.2) is 0 Å². The molecule has 1 unspecified atom stereocenters. The molecule has 3 aromatic rings. The van der Waals surface area contributed by atoms with Crippen LogP contribution in [0.5, 0.6) is 11.5 Å². The molecule has 0 radical (unpaired) electrons. The second-order valence-electron chi connectivity index (χ2n) is 6.34. The van der Waals surface area contributed by atoms with Gasteiger partial charge in [-0.05, 0) is 36.1 Å². The van der Waals surface area contributed by atoms with Crippen LogP contribution in [0.2, 0.25) is 0 Å². The zero-order valence-electron chi connectivity index (χ0n) is 15.0. The molecule has 28 heavy (non-hydrogen) atoms. The summed E-state index contributed by atoms with van der Waals surface area (Å²) in [4.78, 5) is 13.5. The fourth-order valence-electron chi connectivity index (χ4n) is 3.21. The molecule has 5 nitrogen and oxygen atoms in total. The van der Waals surface area contributed by atoms with Crippen molar-refractivity contribution in [2.24, 2.45) is 5.73 Å². The Labute approximate surface area is 166 Å². The molecule has 1 aromatic heterocycles. The highest BCUT2D eigenvalue weighted by atomic mass is 32.1. The number of hydrogen-bond acceptors (Lipinski definition) is 6. The molecule has 0 spiro atoms. The third-order valence-corrected chi connectivity index (χ3v) is 5.53. The number of allylic oxidation sites excluding steroid dienone is 1. The fraction of sp³-hybridized carbons (Fsp3) is 0.0909. The van der Waals surface area contributed by atoms with E-state index in [4.69, 9.17) is 15.2 Å². The lowest BCUT2D eigenvalue weighted by Crippen LogP contribution is -2.20. The molecule has 0 saturated heterocycles. The van der Waals surface area contributed by atoms with E-state index in [1.807, 2.05) is 42.6 Å². The van der Waals surface area contributed by atoms with Crippen molar-refractivity contribution in [3.8, 4) is 17.6 Å². The van der Waals surface area contributed by atoms with Crippen LogP contribution >= 0.6 is 11.3 Å². The first-order valence-electron chi connectivity index (χ1n) is 8.61. The quantitative estimate of drug-likeness (QED) is 0.528. The van der Waals surface area contributed by atoms with E-state index >= 15 is 0 Å². The Morgan fingerprint density at radius 1 is 1.21 bits per heavy atom. The zero-order valence-corrected chi connectivity index (χ0v) is 15.8. The first-order valence-corrected chi connectivity index (χ1v) is 9.49. The summed E-state index contributed by atoms with van der Waals surface area (Å²) in [7, 11) is 0. The van der Waals surface area contributed by atoms with Gasteiger partial charge in [-0.1, -0.05) is 30.3 Å². The van der Waals surface area contributed by atoms with Crippen LogP contribution in [0.4, 0.5) is 0 Å². The van der Waals surface area contributed by atoms with Gasteiger partial charge in [0.2, 0.25) is 5.88 Å². The predicted molar refractivity (Wildman–Crippen MR) is 106 cm³/mol. The van der Waals surface area contributed by atoms with Crippen LogP contribution in [0.25, 0.3) is 0 Å². The Morgan fingerprint density at radius 3 is 2.75 bits per heavy atom. The summed E-state index contributed by atoms with van der Waals surface area (Å²) in [6, 6.07) is 18.4. The average Bonchev–Trinajstić information content (AvgIpc) is 3.21. The number of esters is 1. The number of ether oxygens (including phenoxy) is 2. The highest BCUT2D eigenvalue weighted by Gasteiger charge is 2.31. The molecule has 1 aliphatic rings. The molecule has 0 fully saturated rings. The molecular weight excluding hydrogens is 372 g/mol. The third kappa shape index (κ3) is 3.13. The number of fused-ring (bicyclic) bond motifs is 1. The summed E-state index contributed by atoms with van der Waals surface area (Å²) in [5.41, 5.74) is 8.52. The van der Waals surface area contributed by atoms with Crippen LogP contribution in [-0.2, 0) is 0 Å². The van der Waals surface area contributed by atoms with Gasteiger partial charge in [-0.15, -0.1) is 11.3 Å². The maximum atomic E-state index is 12.5. The average molecular weight is 388 g/mol. The van der Waals surface area contributed by atoms with Crippen molar-refractivity contribution in [3.63, 3.8) is 0 Å². The summed E-state index contributed by atoms with van der Waals surface area (Å²) in [6.07, 6.45) is 0. The Kier molecular flexibility index (Phi) is 4.60. The highest BCUT2D eigenvalue weighted by Crippen LogP contribution is 2.44. The van der Waals surface area contributed by atoms with E-state index in [1.54, 1.807) is 35.6 Å². The van der Waals surface area contributed by atoms with Gasteiger partial charge >= 0.3 is 5.97 Å². The maximum absolute atomic E-state index is 12.5. The van der Waals surface area contributed by atoms with Crippen LogP contribution in [0, 0.1) is 18.3 Å². The molecule has 1 atom stereocenters. The number of carbonyl (C=O) groups is 1. The van der Waals surface area contributed by atoms with Gasteiger partial charge in [-0.3, -0.25) is 0 Å². The molecule has 0 aliphatic carbocycles. The van der Waals surface area contributed by atoms with Crippen molar-refractivity contribution < 1.29 is 14.3 Å². The van der Waals surface area contributed by atoms with Crippen molar-refractivity contribution in [2.75, 3.05) is 0 Å². The smallest absolute Gasteiger partial charge is 0.343 e. The lowest BCUT2D eigenvalue weighted by Gasteiger charge is -2.25. The number of rotatable bonds is 3. The Hall–Kier alpha value is -3.56. The molecule has 6 heteroatoms. The Bertz CT molecular complexity index is 1130. The number of nitrogens with zero attached hydrogens (tertiary/aromatic N) is 1. The highest BCUT2D eigenvalue weighted by molar-refractivity contribution is 7.10. The molecule has 2 heterocycles. The molecule has 2 aromatic carbocycles. The fourth-order valence-corrected chi connectivity index (χ4v) is 4.06. The second kappa shape index (κ2) is 7.22. The zero-order chi connectivity index (χ0) is 19.7. The van der Waals surface area contributed by atoms with Gasteiger partial charge in [-0.25, -0.2) is 4.79 Å².